The van der Waals surface area contributed by atoms with Crippen LogP contribution in [0.1, 0.15) is 24.4 Å². The van der Waals surface area contributed by atoms with Crippen LogP contribution in [-0.2, 0) is 0 Å². The van der Waals surface area contributed by atoms with Crippen molar-refractivity contribution in [3.63, 3.8) is 0 Å². The number of hydrogen-bond acceptors (Lipinski definition) is 3. The normalized spacial score (nSPS) is 18.1. The molecular weight excluding hydrogens is 241 g/mol. The molecule has 2 N–H and O–H groups in total. The van der Waals surface area contributed by atoms with Crippen LogP contribution in [0, 0.1) is 5.82 Å². The molecule has 0 amide bonds. The molecule has 1 fully saturated rings. The van der Waals surface area contributed by atoms with Crippen molar-refractivity contribution in [3.8, 4) is 0 Å². The van der Waals surface area contributed by atoms with E-state index in [1.807, 2.05) is 6.07 Å². The first-order chi connectivity index (χ1) is 9.16. The lowest BCUT2D eigenvalue weighted by Gasteiger charge is -2.24. The molecule has 1 aliphatic heterocycles. The Kier molecular flexibility index (Phi) is 5.31. The van der Waals surface area contributed by atoms with Crippen molar-refractivity contribution in [2.45, 2.75) is 18.9 Å². The Morgan fingerprint density at radius 1 is 1.32 bits per heavy atom. The molecule has 19 heavy (non-hydrogen) atoms. The lowest BCUT2D eigenvalue weighted by atomic mass is 10.1. The number of halogens is 1. The third kappa shape index (κ3) is 4.27. The first-order valence-electron chi connectivity index (χ1n) is 7.07. The Morgan fingerprint density at radius 2 is 2.00 bits per heavy atom. The molecule has 0 saturated carbocycles. The highest BCUT2D eigenvalue weighted by Crippen LogP contribution is 2.15. The van der Waals surface area contributed by atoms with E-state index >= 15 is 0 Å². The maximum Gasteiger partial charge on any atom is 0.128 e. The predicted octanol–water partition coefficient (Wildman–Crippen LogP) is 1.85. The average molecular weight is 265 g/mol. The van der Waals surface area contributed by atoms with Crippen LogP contribution in [0.25, 0.3) is 0 Å². The van der Waals surface area contributed by atoms with Crippen molar-refractivity contribution in [2.24, 2.45) is 5.73 Å². The zero-order valence-corrected chi connectivity index (χ0v) is 11.7. The lowest BCUT2D eigenvalue weighted by molar-refractivity contribution is 0.247. The summed E-state index contributed by atoms with van der Waals surface area (Å²) >= 11 is 0. The summed E-state index contributed by atoms with van der Waals surface area (Å²) in [4.78, 5) is 4.67. The standard InChI is InChI=1S/C15H24FN3/c1-18(10-11-19-8-4-5-9-19)12-15(17)13-6-2-3-7-14(13)16/h2-3,6-7,15H,4-5,8-12,17H2,1H3. The average Bonchev–Trinajstić information content (AvgIpc) is 2.90. The molecule has 0 radical (unpaired) electrons. The third-order valence-electron chi connectivity index (χ3n) is 3.81. The van der Waals surface area contributed by atoms with Crippen molar-refractivity contribution in [2.75, 3.05) is 39.8 Å². The molecule has 4 heteroatoms. The van der Waals surface area contributed by atoms with Crippen LogP contribution in [0.3, 0.4) is 0 Å². The molecule has 1 heterocycles. The summed E-state index contributed by atoms with van der Waals surface area (Å²) in [7, 11) is 2.05. The van der Waals surface area contributed by atoms with Crippen molar-refractivity contribution in [1.82, 2.24) is 9.80 Å². The summed E-state index contributed by atoms with van der Waals surface area (Å²) in [6.07, 6.45) is 2.64. The fourth-order valence-electron chi connectivity index (χ4n) is 2.62. The Hall–Kier alpha value is -0.970. The topological polar surface area (TPSA) is 32.5 Å². The highest BCUT2D eigenvalue weighted by Gasteiger charge is 2.15. The van der Waals surface area contributed by atoms with E-state index in [1.165, 1.54) is 32.0 Å². The van der Waals surface area contributed by atoms with Gasteiger partial charge in [0.1, 0.15) is 5.82 Å². The Bertz CT molecular complexity index is 391. The van der Waals surface area contributed by atoms with E-state index in [2.05, 4.69) is 16.8 Å². The van der Waals surface area contributed by atoms with Gasteiger partial charge in [0, 0.05) is 31.2 Å². The van der Waals surface area contributed by atoms with Gasteiger partial charge in [0.05, 0.1) is 0 Å². The zero-order valence-electron chi connectivity index (χ0n) is 11.7. The van der Waals surface area contributed by atoms with Crippen LogP contribution >= 0.6 is 0 Å². The highest BCUT2D eigenvalue weighted by molar-refractivity contribution is 5.21. The molecule has 2 rings (SSSR count). The molecule has 3 nitrogen and oxygen atoms in total. The molecule has 106 valence electrons. The second kappa shape index (κ2) is 6.98. The molecule has 1 saturated heterocycles. The lowest BCUT2D eigenvalue weighted by Crippen LogP contribution is -2.35. The number of rotatable bonds is 6. The van der Waals surface area contributed by atoms with Gasteiger partial charge >= 0.3 is 0 Å². The number of nitrogens with two attached hydrogens (primary N) is 1. The zero-order chi connectivity index (χ0) is 13.7. The van der Waals surface area contributed by atoms with Gasteiger partial charge in [0.15, 0.2) is 0 Å². The van der Waals surface area contributed by atoms with Gasteiger partial charge in [0.25, 0.3) is 0 Å². The van der Waals surface area contributed by atoms with Crippen LogP contribution in [0.15, 0.2) is 24.3 Å². The van der Waals surface area contributed by atoms with E-state index in [0.29, 0.717) is 12.1 Å². The first kappa shape index (κ1) is 14.4. The van der Waals surface area contributed by atoms with E-state index in [0.717, 1.165) is 13.1 Å². The largest absolute Gasteiger partial charge is 0.323 e. The van der Waals surface area contributed by atoms with Gasteiger partial charge in [-0.05, 0) is 39.0 Å². The highest BCUT2D eigenvalue weighted by atomic mass is 19.1. The van der Waals surface area contributed by atoms with Crippen LogP contribution in [0.5, 0.6) is 0 Å². The summed E-state index contributed by atoms with van der Waals surface area (Å²) in [5.41, 5.74) is 6.69. The Labute approximate surface area is 115 Å². The minimum Gasteiger partial charge on any atom is -0.323 e. The molecule has 1 atom stereocenters. The van der Waals surface area contributed by atoms with Crippen molar-refractivity contribution < 1.29 is 4.39 Å². The van der Waals surface area contributed by atoms with Gasteiger partial charge in [-0.15, -0.1) is 0 Å². The van der Waals surface area contributed by atoms with E-state index in [9.17, 15) is 4.39 Å². The van der Waals surface area contributed by atoms with E-state index in [1.54, 1.807) is 12.1 Å². The minimum atomic E-state index is -0.259. The third-order valence-corrected chi connectivity index (χ3v) is 3.81. The quantitative estimate of drug-likeness (QED) is 0.852. The second-order valence-corrected chi connectivity index (χ2v) is 5.44. The first-order valence-corrected chi connectivity index (χ1v) is 7.07. The molecule has 1 unspecified atom stereocenters. The number of likely N-dealkylation sites (N-methyl/N-ethyl adjacent to an activating group) is 1. The molecule has 0 aliphatic carbocycles. The van der Waals surface area contributed by atoms with Gasteiger partial charge in [-0.3, -0.25) is 0 Å². The van der Waals surface area contributed by atoms with Gasteiger partial charge in [-0.1, -0.05) is 18.2 Å². The Morgan fingerprint density at radius 3 is 2.68 bits per heavy atom. The van der Waals surface area contributed by atoms with E-state index in [-0.39, 0.29) is 11.9 Å². The van der Waals surface area contributed by atoms with Gasteiger partial charge in [-0.2, -0.15) is 0 Å². The van der Waals surface area contributed by atoms with E-state index < -0.39 is 0 Å². The molecule has 0 spiro atoms. The Balaban J connectivity index is 1.78. The molecule has 0 bridgehead atoms. The number of benzene rings is 1. The fraction of sp³-hybridized carbons (Fsp3) is 0.600. The minimum absolute atomic E-state index is 0.206. The number of nitrogens with zero attached hydrogens (tertiary/aromatic N) is 2. The van der Waals surface area contributed by atoms with Gasteiger partial charge in [-0.25, -0.2) is 4.39 Å². The van der Waals surface area contributed by atoms with Gasteiger partial charge < -0.3 is 15.5 Å². The summed E-state index contributed by atoms with van der Waals surface area (Å²) in [5, 5.41) is 0. The summed E-state index contributed by atoms with van der Waals surface area (Å²) in [6, 6.07) is 6.52. The summed E-state index contributed by atoms with van der Waals surface area (Å²) < 4.78 is 13.6. The van der Waals surface area contributed by atoms with Crippen molar-refractivity contribution >= 4 is 0 Å². The predicted molar refractivity (Wildman–Crippen MR) is 76.5 cm³/mol. The molecule has 1 aromatic rings. The van der Waals surface area contributed by atoms with Crippen LogP contribution < -0.4 is 5.73 Å². The monoisotopic (exact) mass is 265 g/mol. The summed E-state index contributed by atoms with van der Waals surface area (Å²) in [5.74, 6) is -0.206. The molecule has 1 aliphatic rings. The SMILES string of the molecule is CN(CCN1CCCC1)CC(N)c1ccccc1F. The van der Waals surface area contributed by atoms with Crippen molar-refractivity contribution in [1.29, 1.82) is 0 Å². The fourth-order valence-corrected chi connectivity index (χ4v) is 2.62. The maximum absolute atomic E-state index is 13.6. The smallest absolute Gasteiger partial charge is 0.128 e. The van der Waals surface area contributed by atoms with Crippen LogP contribution in [0.4, 0.5) is 4.39 Å². The van der Waals surface area contributed by atoms with Crippen LogP contribution in [0.2, 0.25) is 0 Å². The van der Waals surface area contributed by atoms with Gasteiger partial charge in [0.2, 0.25) is 0 Å². The maximum atomic E-state index is 13.6. The molecular formula is C15H24FN3. The van der Waals surface area contributed by atoms with E-state index in [4.69, 9.17) is 5.73 Å². The number of hydrogen-bond donors (Lipinski definition) is 1. The van der Waals surface area contributed by atoms with Crippen molar-refractivity contribution in [3.05, 3.63) is 35.6 Å². The number of likely N-dealkylation sites (tertiary alicyclic amines) is 1. The van der Waals surface area contributed by atoms with Crippen LogP contribution in [-0.4, -0.2) is 49.6 Å². The molecule has 0 aromatic heterocycles. The molecule has 1 aromatic carbocycles. The second-order valence-electron chi connectivity index (χ2n) is 5.44. The summed E-state index contributed by atoms with van der Waals surface area (Å²) in [6.45, 7) is 5.19.